The van der Waals surface area contributed by atoms with Crippen LogP contribution in [0.1, 0.15) is 49.7 Å². The zero-order chi connectivity index (χ0) is 14.5. The molecule has 0 bridgehead atoms. The maximum Gasteiger partial charge on any atom is 0.0540 e. The van der Waals surface area contributed by atoms with Crippen LogP contribution in [-0.2, 0) is 6.54 Å². The number of rotatable bonds is 3. The van der Waals surface area contributed by atoms with Crippen molar-refractivity contribution in [1.82, 2.24) is 4.90 Å². The second-order valence-electron chi connectivity index (χ2n) is 6.30. The van der Waals surface area contributed by atoms with Gasteiger partial charge < -0.3 is 5.11 Å². The van der Waals surface area contributed by atoms with Gasteiger partial charge >= 0.3 is 0 Å². The van der Waals surface area contributed by atoms with Crippen molar-refractivity contribution >= 4 is 0 Å². The third-order valence-electron chi connectivity index (χ3n) is 4.96. The van der Waals surface area contributed by atoms with E-state index >= 15 is 0 Å². The lowest BCUT2D eigenvalue weighted by Gasteiger charge is -2.38. The fourth-order valence-electron chi connectivity index (χ4n) is 3.97. The van der Waals surface area contributed by atoms with E-state index in [9.17, 15) is 0 Å². The van der Waals surface area contributed by atoms with Gasteiger partial charge in [-0.05, 0) is 49.8 Å². The highest BCUT2D eigenvalue weighted by atomic mass is 16.2. The van der Waals surface area contributed by atoms with Crippen molar-refractivity contribution in [3.05, 3.63) is 35.4 Å². The van der Waals surface area contributed by atoms with E-state index in [4.69, 9.17) is 5.11 Å². The monoisotopic (exact) mass is 283 g/mol. The Morgan fingerprint density at radius 1 is 1.14 bits per heavy atom. The van der Waals surface area contributed by atoms with Crippen LogP contribution < -0.4 is 0 Å². The first kappa shape index (κ1) is 14.6. The summed E-state index contributed by atoms with van der Waals surface area (Å²) in [5.74, 6) is 7.22. The Labute approximate surface area is 128 Å². The molecule has 2 nitrogen and oxygen atoms in total. The summed E-state index contributed by atoms with van der Waals surface area (Å²) in [6.45, 7) is 2.41. The van der Waals surface area contributed by atoms with Gasteiger partial charge in [-0.15, -0.1) is 0 Å². The summed E-state index contributed by atoms with van der Waals surface area (Å²) in [5.41, 5.74) is 2.47. The highest BCUT2D eigenvalue weighted by Gasteiger charge is 2.34. The van der Waals surface area contributed by atoms with Gasteiger partial charge in [-0.2, -0.15) is 0 Å². The smallest absolute Gasteiger partial charge is 0.0540 e. The minimum absolute atomic E-state index is 0.144. The summed E-state index contributed by atoms with van der Waals surface area (Å²) >= 11 is 0. The molecule has 3 rings (SSSR count). The topological polar surface area (TPSA) is 23.5 Å². The van der Waals surface area contributed by atoms with Crippen LogP contribution in [0.4, 0.5) is 0 Å². The van der Waals surface area contributed by atoms with E-state index in [0.29, 0.717) is 6.42 Å². The van der Waals surface area contributed by atoms with E-state index in [1.807, 2.05) is 0 Å². The Bertz CT molecular complexity index is 528. The number of piperidine rings is 1. The number of aliphatic hydroxyl groups is 1. The number of fused-ring (bicyclic) bond motifs is 1. The first-order chi connectivity index (χ1) is 10.4. The van der Waals surface area contributed by atoms with Crippen molar-refractivity contribution in [2.45, 2.75) is 51.1 Å². The maximum absolute atomic E-state index is 8.87. The van der Waals surface area contributed by atoms with Gasteiger partial charge in [0.05, 0.1) is 6.61 Å². The largest absolute Gasteiger partial charge is 0.395 e. The molecule has 2 unspecified atom stereocenters. The molecule has 1 saturated heterocycles. The van der Waals surface area contributed by atoms with Gasteiger partial charge in [0.25, 0.3) is 0 Å². The molecule has 0 amide bonds. The van der Waals surface area contributed by atoms with Crippen molar-refractivity contribution in [2.75, 3.05) is 13.2 Å². The molecule has 2 heteroatoms. The van der Waals surface area contributed by atoms with Crippen molar-refractivity contribution in [3.8, 4) is 11.8 Å². The Morgan fingerprint density at radius 3 is 2.90 bits per heavy atom. The van der Waals surface area contributed by atoms with Crippen molar-refractivity contribution in [1.29, 1.82) is 0 Å². The number of hydrogen-bond acceptors (Lipinski definition) is 2. The zero-order valence-electron chi connectivity index (χ0n) is 12.7. The van der Waals surface area contributed by atoms with Crippen LogP contribution in [0, 0.1) is 17.8 Å². The molecule has 1 N–H and O–H groups in total. The van der Waals surface area contributed by atoms with Gasteiger partial charge in [0.15, 0.2) is 0 Å². The summed E-state index contributed by atoms with van der Waals surface area (Å²) in [6, 6.07) is 9.29. The molecule has 1 heterocycles. The minimum atomic E-state index is 0.144. The molecule has 1 aromatic rings. The van der Waals surface area contributed by atoms with Gasteiger partial charge in [0.2, 0.25) is 0 Å². The normalized spacial score (nSPS) is 25.2. The van der Waals surface area contributed by atoms with E-state index in [1.165, 1.54) is 44.2 Å². The van der Waals surface area contributed by atoms with E-state index in [1.54, 1.807) is 0 Å². The fraction of sp³-hybridized carbons (Fsp3) is 0.579. The molecule has 0 spiro atoms. The molecule has 0 aromatic heterocycles. The van der Waals surface area contributed by atoms with Crippen LogP contribution in [0.15, 0.2) is 24.3 Å². The predicted octanol–water partition coefficient (Wildman–Crippen LogP) is 3.19. The predicted molar refractivity (Wildman–Crippen MR) is 85.8 cm³/mol. The first-order valence-electron chi connectivity index (χ1n) is 8.30. The molecule has 2 aliphatic rings. The third-order valence-corrected chi connectivity index (χ3v) is 4.96. The Hall–Kier alpha value is -1.30. The number of nitrogens with zero attached hydrogens (tertiary/aromatic N) is 1. The van der Waals surface area contributed by atoms with Crippen LogP contribution in [0.2, 0.25) is 0 Å². The molecule has 1 aliphatic heterocycles. The number of hydrogen-bond donors (Lipinski definition) is 1. The molecular weight excluding hydrogens is 258 g/mol. The van der Waals surface area contributed by atoms with Gasteiger partial charge in [-0.3, -0.25) is 4.90 Å². The van der Waals surface area contributed by atoms with Crippen LogP contribution in [0.5, 0.6) is 0 Å². The molecule has 112 valence electrons. The minimum Gasteiger partial charge on any atom is -0.395 e. The Morgan fingerprint density at radius 2 is 2.00 bits per heavy atom. The van der Waals surface area contributed by atoms with Gasteiger partial charge in [0, 0.05) is 24.6 Å². The molecule has 1 aromatic carbocycles. The van der Waals surface area contributed by atoms with E-state index < -0.39 is 0 Å². The highest BCUT2D eigenvalue weighted by Crippen LogP contribution is 2.37. The third kappa shape index (κ3) is 3.48. The molecular formula is C19H25NO. The van der Waals surface area contributed by atoms with Crippen molar-refractivity contribution in [3.63, 3.8) is 0 Å². The highest BCUT2D eigenvalue weighted by molar-refractivity contribution is 5.41. The molecule has 1 aliphatic carbocycles. The lowest BCUT2D eigenvalue weighted by atomic mass is 9.91. The molecule has 21 heavy (non-hydrogen) atoms. The van der Waals surface area contributed by atoms with Crippen molar-refractivity contribution < 1.29 is 5.11 Å². The Kier molecular flexibility index (Phi) is 4.95. The van der Waals surface area contributed by atoms with Crippen LogP contribution in [0.3, 0.4) is 0 Å². The quantitative estimate of drug-likeness (QED) is 0.861. The average Bonchev–Trinajstić information content (AvgIpc) is 2.99. The van der Waals surface area contributed by atoms with Gasteiger partial charge in [-0.1, -0.05) is 36.5 Å². The van der Waals surface area contributed by atoms with E-state index in [2.05, 4.69) is 41.0 Å². The number of likely N-dealkylation sites (tertiary alicyclic amines) is 1. The lowest BCUT2D eigenvalue weighted by molar-refractivity contribution is 0.106. The lowest BCUT2D eigenvalue weighted by Crippen LogP contribution is -2.42. The molecule has 1 saturated carbocycles. The second-order valence-corrected chi connectivity index (χ2v) is 6.30. The Balaban J connectivity index is 1.74. The summed E-state index contributed by atoms with van der Waals surface area (Å²) < 4.78 is 0. The van der Waals surface area contributed by atoms with Gasteiger partial charge in [-0.25, -0.2) is 0 Å². The van der Waals surface area contributed by atoms with Crippen LogP contribution >= 0.6 is 0 Å². The summed E-state index contributed by atoms with van der Waals surface area (Å²) in [5, 5.41) is 8.87. The van der Waals surface area contributed by atoms with E-state index in [-0.39, 0.29) is 6.61 Å². The summed E-state index contributed by atoms with van der Waals surface area (Å²) in [6.07, 6.45) is 7.55. The number of aliphatic hydroxyl groups excluding tert-OH is 1. The summed E-state index contributed by atoms with van der Waals surface area (Å²) in [4.78, 5) is 2.69. The van der Waals surface area contributed by atoms with Crippen molar-refractivity contribution in [2.24, 2.45) is 5.92 Å². The molecule has 2 atom stereocenters. The number of benzene rings is 1. The molecule has 2 fully saturated rings. The van der Waals surface area contributed by atoms with Gasteiger partial charge in [0.1, 0.15) is 0 Å². The fourth-order valence-corrected chi connectivity index (χ4v) is 3.97. The van der Waals surface area contributed by atoms with Crippen LogP contribution in [-0.4, -0.2) is 29.2 Å². The van der Waals surface area contributed by atoms with E-state index in [0.717, 1.165) is 24.1 Å². The zero-order valence-corrected chi connectivity index (χ0v) is 12.7. The summed E-state index contributed by atoms with van der Waals surface area (Å²) in [7, 11) is 0. The van der Waals surface area contributed by atoms with Crippen LogP contribution in [0.25, 0.3) is 0 Å². The maximum atomic E-state index is 8.87. The average molecular weight is 283 g/mol. The molecule has 0 radical (unpaired) electrons. The second kappa shape index (κ2) is 7.11. The SMILES string of the molecule is OCCC#Cc1ccccc1CN1CCCC2CCCC21. The first-order valence-corrected chi connectivity index (χ1v) is 8.30. The standard InChI is InChI=1S/C19H25NO/c21-14-4-3-8-16-7-1-2-9-18(16)15-20-13-6-11-17-10-5-12-19(17)20/h1-2,7,9,17,19,21H,4-6,10-15H2.